The van der Waals surface area contributed by atoms with Crippen LogP contribution < -0.4 is 11.1 Å². The van der Waals surface area contributed by atoms with Crippen molar-refractivity contribution in [3.05, 3.63) is 34.6 Å². The van der Waals surface area contributed by atoms with Gasteiger partial charge in [0.05, 0.1) is 5.02 Å². The van der Waals surface area contributed by atoms with Gasteiger partial charge in [0.15, 0.2) is 0 Å². The van der Waals surface area contributed by atoms with Crippen LogP contribution in [0.5, 0.6) is 0 Å². The fourth-order valence-corrected chi connectivity index (χ4v) is 2.80. The van der Waals surface area contributed by atoms with Gasteiger partial charge in [-0.25, -0.2) is 4.39 Å². The van der Waals surface area contributed by atoms with Gasteiger partial charge in [-0.1, -0.05) is 24.4 Å². The standard InChI is InChI=1S/C14H18ClFN2O/c15-11-7-10(5-6-12(11)16)14(19)18-13(8-17)9-3-1-2-4-9/h5-7,9,13H,1-4,8,17H2,(H,18,19). The van der Waals surface area contributed by atoms with Crippen molar-refractivity contribution in [1.29, 1.82) is 0 Å². The first kappa shape index (κ1) is 14.3. The summed E-state index contributed by atoms with van der Waals surface area (Å²) in [5, 5.41) is 2.88. The first-order valence-electron chi connectivity index (χ1n) is 6.58. The average molecular weight is 285 g/mol. The fourth-order valence-electron chi connectivity index (χ4n) is 2.62. The summed E-state index contributed by atoms with van der Waals surface area (Å²) in [4.78, 5) is 12.1. The summed E-state index contributed by atoms with van der Waals surface area (Å²) in [6.45, 7) is 0.422. The Labute approximate surface area is 117 Å². The Bertz CT molecular complexity index is 461. The molecule has 1 aromatic rings. The van der Waals surface area contributed by atoms with Gasteiger partial charge in [-0.05, 0) is 37.0 Å². The van der Waals surface area contributed by atoms with E-state index in [-0.39, 0.29) is 17.0 Å². The molecule has 1 saturated carbocycles. The number of carbonyl (C=O) groups is 1. The maximum atomic E-state index is 13.1. The summed E-state index contributed by atoms with van der Waals surface area (Å²) in [6, 6.07) is 3.95. The first-order valence-corrected chi connectivity index (χ1v) is 6.95. The maximum Gasteiger partial charge on any atom is 0.251 e. The maximum absolute atomic E-state index is 13.1. The van der Waals surface area contributed by atoms with E-state index in [4.69, 9.17) is 17.3 Å². The number of amides is 1. The van der Waals surface area contributed by atoms with Crippen molar-refractivity contribution in [2.24, 2.45) is 11.7 Å². The third-order valence-corrected chi connectivity index (χ3v) is 4.01. The van der Waals surface area contributed by atoms with Crippen LogP contribution in [0.4, 0.5) is 4.39 Å². The Morgan fingerprint density at radius 2 is 2.16 bits per heavy atom. The Hall–Kier alpha value is -1.13. The van der Waals surface area contributed by atoms with E-state index in [0.717, 1.165) is 12.8 Å². The SMILES string of the molecule is NCC(NC(=O)c1ccc(F)c(Cl)c1)C1CCCC1. The van der Waals surface area contributed by atoms with Crippen molar-refractivity contribution < 1.29 is 9.18 Å². The second kappa shape index (κ2) is 6.35. The molecule has 1 aromatic carbocycles. The zero-order valence-electron chi connectivity index (χ0n) is 10.7. The van der Waals surface area contributed by atoms with Gasteiger partial charge in [0.1, 0.15) is 5.82 Å². The lowest BCUT2D eigenvalue weighted by Gasteiger charge is -2.23. The Kier molecular flexibility index (Phi) is 4.77. The Morgan fingerprint density at radius 3 is 2.74 bits per heavy atom. The summed E-state index contributed by atoms with van der Waals surface area (Å²) in [7, 11) is 0. The van der Waals surface area contributed by atoms with Gasteiger partial charge in [-0.2, -0.15) is 0 Å². The van der Waals surface area contributed by atoms with Gasteiger partial charge in [0.2, 0.25) is 0 Å². The van der Waals surface area contributed by atoms with Crippen LogP contribution in [0.3, 0.4) is 0 Å². The topological polar surface area (TPSA) is 55.1 Å². The minimum Gasteiger partial charge on any atom is -0.348 e. The van der Waals surface area contributed by atoms with Crippen molar-refractivity contribution in [3.8, 4) is 0 Å². The molecule has 1 amide bonds. The number of rotatable bonds is 4. The summed E-state index contributed by atoms with van der Waals surface area (Å²) in [5.41, 5.74) is 6.10. The summed E-state index contributed by atoms with van der Waals surface area (Å²) in [6.07, 6.45) is 4.59. The molecule has 3 N–H and O–H groups in total. The minimum absolute atomic E-state index is 0.0150. The number of carbonyl (C=O) groups excluding carboxylic acids is 1. The second-order valence-corrected chi connectivity index (χ2v) is 5.40. The zero-order chi connectivity index (χ0) is 13.8. The van der Waals surface area contributed by atoms with Gasteiger partial charge in [0.25, 0.3) is 5.91 Å². The molecule has 1 fully saturated rings. The highest BCUT2D eigenvalue weighted by Gasteiger charge is 2.25. The number of nitrogens with two attached hydrogens (primary N) is 1. The molecule has 1 unspecified atom stereocenters. The zero-order valence-corrected chi connectivity index (χ0v) is 11.4. The lowest BCUT2D eigenvalue weighted by Crippen LogP contribution is -2.44. The van der Waals surface area contributed by atoms with Crippen LogP contribution in [0.25, 0.3) is 0 Å². The predicted octanol–water partition coefficient (Wildman–Crippen LogP) is 2.73. The number of benzene rings is 1. The van der Waals surface area contributed by atoms with Crippen LogP contribution in [0, 0.1) is 11.7 Å². The molecule has 0 radical (unpaired) electrons. The van der Waals surface area contributed by atoms with Gasteiger partial charge >= 0.3 is 0 Å². The van der Waals surface area contributed by atoms with Crippen LogP contribution >= 0.6 is 11.6 Å². The van der Waals surface area contributed by atoms with E-state index in [1.54, 1.807) is 0 Å². The van der Waals surface area contributed by atoms with E-state index >= 15 is 0 Å². The molecule has 3 nitrogen and oxygen atoms in total. The van der Waals surface area contributed by atoms with Crippen LogP contribution in [0.1, 0.15) is 36.0 Å². The van der Waals surface area contributed by atoms with E-state index < -0.39 is 5.82 Å². The van der Waals surface area contributed by atoms with Gasteiger partial charge in [-0.3, -0.25) is 4.79 Å². The first-order chi connectivity index (χ1) is 9.11. The van der Waals surface area contributed by atoms with Crippen molar-refractivity contribution in [3.63, 3.8) is 0 Å². The molecule has 0 aliphatic heterocycles. The minimum atomic E-state index is -0.524. The average Bonchev–Trinajstić information content (AvgIpc) is 2.92. The van der Waals surface area contributed by atoms with Crippen LogP contribution in [0.15, 0.2) is 18.2 Å². The fraction of sp³-hybridized carbons (Fsp3) is 0.500. The molecule has 1 aliphatic rings. The highest BCUT2D eigenvalue weighted by atomic mass is 35.5. The molecule has 19 heavy (non-hydrogen) atoms. The lowest BCUT2D eigenvalue weighted by atomic mass is 9.98. The van der Waals surface area contributed by atoms with Crippen LogP contribution in [-0.2, 0) is 0 Å². The normalized spacial score (nSPS) is 17.4. The molecular weight excluding hydrogens is 267 g/mol. The number of nitrogens with one attached hydrogen (secondary N) is 1. The largest absolute Gasteiger partial charge is 0.348 e. The van der Waals surface area contributed by atoms with E-state index in [2.05, 4.69) is 5.32 Å². The monoisotopic (exact) mass is 284 g/mol. The lowest BCUT2D eigenvalue weighted by molar-refractivity contribution is 0.0924. The quantitative estimate of drug-likeness (QED) is 0.893. The molecule has 2 rings (SSSR count). The summed E-state index contributed by atoms with van der Waals surface area (Å²) >= 11 is 5.68. The third kappa shape index (κ3) is 3.45. The van der Waals surface area contributed by atoms with Crippen LogP contribution in [-0.4, -0.2) is 18.5 Å². The molecule has 5 heteroatoms. The molecule has 0 bridgehead atoms. The van der Waals surface area contributed by atoms with Crippen molar-refractivity contribution >= 4 is 17.5 Å². The summed E-state index contributed by atoms with van der Waals surface area (Å²) in [5.74, 6) is -0.321. The smallest absolute Gasteiger partial charge is 0.251 e. The highest BCUT2D eigenvalue weighted by molar-refractivity contribution is 6.31. The number of hydrogen-bond acceptors (Lipinski definition) is 2. The predicted molar refractivity (Wildman–Crippen MR) is 73.7 cm³/mol. The van der Waals surface area contributed by atoms with E-state index in [1.165, 1.54) is 31.0 Å². The van der Waals surface area contributed by atoms with Gasteiger partial charge < -0.3 is 11.1 Å². The molecule has 0 heterocycles. The Morgan fingerprint density at radius 1 is 1.47 bits per heavy atom. The Balaban J connectivity index is 2.04. The van der Waals surface area contributed by atoms with E-state index in [0.29, 0.717) is 18.0 Å². The van der Waals surface area contributed by atoms with Crippen LogP contribution in [0.2, 0.25) is 5.02 Å². The van der Waals surface area contributed by atoms with E-state index in [9.17, 15) is 9.18 Å². The molecule has 0 spiro atoms. The molecule has 1 atom stereocenters. The number of hydrogen-bond donors (Lipinski definition) is 2. The molecule has 104 valence electrons. The molecule has 0 aromatic heterocycles. The van der Waals surface area contributed by atoms with Gasteiger partial charge in [-0.15, -0.1) is 0 Å². The summed E-state index contributed by atoms with van der Waals surface area (Å²) < 4.78 is 13.1. The number of halogens is 2. The van der Waals surface area contributed by atoms with Crippen molar-refractivity contribution in [1.82, 2.24) is 5.32 Å². The molecular formula is C14H18ClFN2O. The van der Waals surface area contributed by atoms with Crippen molar-refractivity contribution in [2.45, 2.75) is 31.7 Å². The third-order valence-electron chi connectivity index (χ3n) is 3.72. The van der Waals surface area contributed by atoms with Gasteiger partial charge in [0, 0.05) is 18.2 Å². The molecule has 0 saturated heterocycles. The molecule has 1 aliphatic carbocycles. The van der Waals surface area contributed by atoms with Crippen molar-refractivity contribution in [2.75, 3.05) is 6.54 Å². The highest BCUT2D eigenvalue weighted by Crippen LogP contribution is 2.27. The van der Waals surface area contributed by atoms with E-state index in [1.807, 2.05) is 0 Å². The second-order valence-electron chi connectivity index (χ2n) is 4.99.